The maximum Gasteiger partial charge on any atom is 0.289 e. The molecule has 6 heteroatoms. The summed E-state index contributed by atoms with van der Waals surface area (Å²) < 4.78 is 1.75. The number of fused-ring (bicyclic) bond motifs is 1. The van der Waals surface area contributed by atoms with Crippen molar-refractivity contribution in [2.45, 2.75) is 13.0 Å². The molecule has 2 amide bonds. The van der Waals surface area contributed by atoms with Gasteiger partial charge in [-0.15, -0.1) is 0 Å². The molecule has 0 fully saturated rings. The Morgan fingerprint density at radius 2 is 2.25 bits per heavy atom. The first-order valence-electron chi connectivity index (χ1n) is 5.18. The molecule has 0 atom stereocenters. The molecule has 0 aromatic carbocycles. The van der Waals surface area contributed by atoms with Crippen LogP contribution in [0.3, 0.4) is 0 Å². The van der Waals surface area contributed by atoms with Gasteiger partial charge < -0.3 is 14.8 Å². The Kier molecular flexibility index (Phi) is 2.64. The van der Waals surface area contributed by atoms with Crippen LogP contribution in [0.2, 0.25) is 0 Å². The van der Waals surface area contributed by atoms with Gasteiger partial charge >= 0.3 is 0 Å². The van der Waals surface area contributed by atoms with Gasteiger partial charge in [-0.25, -0.2) is 4.98 Å². The Morgan fingerprint density at radius 1 is 1.50 bits per heavy atom. The molecule has 86 valence electrons. The number of amides is 2. The number of rotatable bonds is 1. The SMILES string of the molecule is CNC(=O)c1cn2c(n1)C(=O)N(C)CCC2. The number of carbonyl (C=O) groups excluding carboxylic acids is 2. The fraction of sp³-hybridized carbons (Fsp3) is 0.500. The van der Waals surface area contributed by atoms with E-state index in [1.807, 2.05) is 0 Å². The number of aromatic nitrogens is 2. The monoisotopic (exact) mass is 222 g/mol. The van der Waals surface area contributed by atoms with Gasteiger partial charge in [-0.1, -0.05) is 0 Å². The zero-order valence-corrected chi connectivity index (χ0v) is 9.36. The van der Waals surface area contributed by atoms with Crippen LogP contribution in [0.5, 0.6) is 0 Å². The van der Waals surface area contributed by atoms with E-state index in [0.29, 0.717) is 11.5 Å². The van der Waals surface area contributed by atoms with Crippen molar-refractivity contribution in [3.8, 4) is 0 Å². The Labute approximate surface area is 93.3 Å². The van der Waals surface area contributed by atoms with Crippen molar-refractivity contribution in [2.75, 3.05) is 20.6 Å². The zero-order valence-electron chi connectivity index (χ0n) is 9.36. The van der Waals surface area contributed by atoms with Crippen molar-refractivity contribution >= 4 is 11.8 Å². The first kappa shape index (κ1) is 10.7. The quantitative estimate of drug-likeness (QED) is 0.710. The van der Waals surface area contributed by atoms with Gasteiger partial charge in [-0.2, -0.15) is 0 Å². The lowest BCUT2D eigenvalue weighted by molar-refractivity contribution is 0.0791. The van der Waals surface area contributed by atoms with Crippen molar-refractivity contribution in [1.29, 1.82) is 0 Å². The van der Waals surface area contributed by atoms with E-state index in [4.69, 9.17) is 0 Å². The van der Waals surface area contributed by atoms with Crippen molar-refractivity contribution < 1.29 is 9.59 Å². The molecular formula is C10H14N4O2. The van der Waals surface area contributed by atoms with Crippen LogP contribution in [0.1, 0.15) is 27.5 Å². The molecule has 2 heterocycles. The number of aryl methyl sites for hydroxylation is 1. The van der Waals surface area contributed by atoms with E-state index in [0.717, 1.165) is 19.5 Å². The van der Waals surface area contributed by atoms with Crippen LogP contribution in [0.4, 0.5) is 0 Å². The topological polar surface area (TPSA) is 67.2 Å². The van der Waals surface area contributed by atoms with E-state index in [2.05, 4.69) is 10.3 Å². The molecule has 0 bridgehead atoms. The molecule has 0 saturated heterocycles. The lowest BCUT2D eigenvalue weighted by Crippen LogP contribution is -2.27. The Balaban J connectivity index is 2.39. The second-order valence-electron chi connectivity index (χ2n) is 3.80. The van der Waals surface area contributed by atoms with Crippen molar-refractivity contribution in [3.63, 3.8) is 0 Å². The summed E-state index contributed by atoms with van der Waals surface area (Å²) in [4.78, 5) is 29.0. The number of carbonyl (C=O) groups is 2. The lowest BCUT2D eigenvalue weighted by Gasteiger charge is -2.11. The first-order chi connectivity index (χ1) is 7.63. The van der Waals surface area contributed by atoms with E-state index in [1.54, 1.807) is 29.8 Å². The molecule has 0 unspecified atom stereocenters. The summed E-state index contributed by atoms with van der Waals surface area (Å²) in [6.07, 6.45) is 2.50. The summed E-state index contributed by atoms with van der Waals surface area (Å²) in [6, 6.07) is 0. The molecule has 6 nitrogen and oxygen atoms in total. The second-order valence-corrected chi connectivity index (χ2v) is 3.80. The van der Waals surface area contributed by atoms with Gasteiger partial charge in [-0.05, 0) is 6.42 Å². The van der Waals surface area contributed by atoms with Crippen LogP contribution in [0.25, 0.3) is 0 Å². The molecule has 1 aromatic heterocycles. The molecule has 1 aliphatic rings. The molecule has 0 radical (unpaired) electrons. The predicted octanol–water partition coefficient (Wildman–Crippen LogP) is -0.282. The van der Waals surface area contributed by atoms with Gasteiger partial charge in [0.2, 0.25) is 0 Å². The molecule has 16 heavy (non-hydrogen) atoms. The highest BCUT2D eigenvalue weighted by Crippen LogP contribution is 2.11. The number of imidazole rings is 1. The van der Waals surface area contributed by atoms with Gasteiger partial charge in [-0.3, -0.25) is 9.59 Å². The third-order valence-corrected chi connectivity index (χ3v) is 2.67. The highest BCUT2D eigenvalue weighted by atomic mass is 16.2. The predicted molar refractivity (Wildman–Crippen MR) is 57.2 cm³/mol. The van der Waals surface area contributed by atoms with Gasteiger partial charge in [0.1, 0.15) is 5.69 Å². The Morgan fingerprint density at radius 3 is 2.94 bits per heavy atom. The van der Waals surface area contributed by atoms with Crippen LogP contribution < -0.4 is 5.32 Å². The minimum absolute atomic E-state index is 0.132. The maximum absolute atomic E-state index is 11.9. The third kappa shape index (κ3) is 1.66. The molecular weight excluding hydrogens is 208 g/mol. The third-order valence-electron chi connectivity index (χ3n) is 2.67. The molecule has 2 rings (SSSR count). The summed E-state index contributed by atoms with van der Waals surface area (Å²) >= 11 is 0. The Bertz CT molecular complexity index is 438. The summed E-state index contributed by atoms with van der Waals surface area (Å²) in [6.45, 7) is 1.44. The summed E-state index contributed by atoms with van der Waals surface area (Å²) in [5.41, 5.74) is 0.293. The van der Waals surface area contributed by atoms with Crippen LogP contribution in [-0.2, 0) is 6.54 Å². The average molecular weight is 222 g/mol. The van der Waals surface area contributed by atoms with Crippen LogP contribution in [0.15, 0.2) is 6.20 Å². The summed E-state index contributed by atoms with van der Waals surface area (Å²) in [5, 5.41) is 2.49. The Hall–Kier alpha value is -1.85. The summed E-state index contributed by atoms with van der Waals surface area (Å²) in [5.74, 6) is -0.0534. The highest BCUT2D eigenvalue weighted by molar-refractivity contribution is 5.95. The molecule has 0 aliphatic carbocycles. The maximum atomic E-state index is 11.9. The summed E-state index contributed by atoms with van der Waals surface area (Å²) in [7, 11) is 3.28. The van der Waals surface area contributed by atoms with Crippen LogP contribution in [0, 0.1) is 0 Å². The van der Waals surface area contributed by atoms with Crippen LogP contribution >= 0.6 is 0 Å². The zero-order chi connectivity index (χ0) is 11.7. The number of hydrogen-bond acceptors (Lipinski definition) is 3. The van der Waals surface area contributed by atoms with Crippen molar-refractivity contribution in [1.82, 2.24) is 19.8 Å². The molecule has 1 aliphatic heterocycles. The smallest absolute Gasteiger partial charge is 0.289 e. The first-order valence-corrected chi connectivity index (χ1v) is 5.18. The number of nitrogens with one attached hydrogen (secondary N) is 1. The highest BCUT2D eigenvalue weighted by Gasteiger charge is 2.23. The van der Waals surface area contributed by atoms with E-state index < -0.39 is 0 Å². The number of nitrogens with zero attached hydrogens (tertiary/aromatic N) is 3. The van der Waals surface area contributed by atoms with E-state index in [9.17, 15) is 9.59 Å². The minimum atomic E-state index is -0.268. The standard InChI is InChI=1S/C10H14N4O2/c1-11-9(15)7-6-14-5-3-4-13(2)10(16)8(14)12-7/h6H,3-5H2,1-2H3,(H,11,15). The largest absolute Gasteiger partial charge is 0.354 e. The normalized spacial score (nSPS) is 15.6. The van der Waals surface area contributed by atoms with E-state index in [-0.39, 0.29) is 11.8 Å². The molecule has 0 spiro atoms. The lowest BCUT2D eigenvalue weighted by atomic mass is 10.4. The fourth-order valence-corrected chi connectivity index (χ4v) is 1.75. The van der Waals surface area contributed by atoms with Crippen molar-refractivity contribution in [3.05, 3.63) is 17.7 Å². The number of hydrogen-bond donors (Lipinski definition) is 1. The van der Waals surface area contributed by atoms with Gasteiger partial charge in [0.05, 0.1) is 0 Å². The van der Waals surface area contributed by atoms with Crippen molar-refractivity contribution in [2.24, 2.45) is 0 Å². The van der Waals surface area contributed by atoms with E-state index in [1.165, 1.54) is 0 Å². The van der Waals surface area contributed by atoms with Gasteiger partial charge in [0.15, 0.2) is 5.82 Å². The second kappa shape index (κ2) is 3.96. The van der Waals surface area contributed by atoms with E-state index >= 15 is 0 Å². The molecule has 1 N–H and O–H groups in total. The van der Waals surface area contributed by atoms with Crippen LogP contribution in [-0.4, -0.2) is 46.9 Å². The minimum Gasteiger partial charge on any atom is -0.354 e. The average Bonchev–Trinajstić information content (AvgIpc) is 2.66. The molecule has 1 aromatic rings. The molecule has 0 saturated carbocycles. The fourth-order valence-electron chi connectivity index (χ4n) is 1.75. The van der Waals surface area contributed by atoms with Gasteiger partial charge in [0, 0.05) is 33.4 Å². The van der Waals surface area contributed by atoms with Gasteiger partial charge in [0.25, 0.3) is 11.8 Å².